The van der Waals surface area contributed by atoms with Gasteiger partial charge in [-0.3, -0.25) is 4.98 Å². The Bertz CT molecular complexity index is 638. The van der Waals surface area contributed by atoms with Crippen LogP contribution in [0.4, 0.5) is 5.69 Å². The number of para-hydroxylation sites is 1. The van der Waals surface area contributed by atoms with Crippen molar-refractivity contribution in [1.29, 1.82) is 0 Å². The first-order valence-corrected chi connectivity index (χ1v) is 7.37. The molecule has 2 unspecified atom stereocenters. The first kappa shape index (κ1) is 13.4. The van der Waals surface area contributed by atoms with E-state index in [0.29, 0.717) is 5.92 Å². The molecule has 1 aliphatic heterocycles. The predicted molar refractivity (Wildman–Crippen MR) is 83.2 cm³/mol. The fraction of sp³-hybridized carbons (Fsp3) is 0.471. The Morgan fingerprint density at radius 3 is 2.75 bits per heavy atom. The molecule has 1 aromatic carbocycles. The minimum absolute atomic E-state index is 0.240. The minimum atomic E-state index is -0.240. The molecule has 2 heterocycles. The minimum Gasteiger partial charge on any atom is -0.391 e. The van der Waals surface area contributed by atoms with Crippen molar-refractivity contribution in [3.05, 3.63) is 35.5 Å². The second-order valence-electron chi connectivity index (χ2n) is 5.97. The summed E-state index contributed by atoms with van der Waals surface area (Å²) < 4.78 is 0. The Kier molecular flexibility index (Phi) is 3.38. The van der Waals surface area contributed by atoms with Crippen LogP contribution in [0, 0.1) is 19.8 Å². The predicted octanol–water partition coefficient (Wildman–Crippen LogP) is 3.06. The number of aliphatic hydroxyl groups is 1. The van der Waals surface area contributed by atoms with Gasteiger partial charge in [0, 0.05) is 24.2 Å². The highest BCUT2D eigenvalue weighted by Gasteiger charge is 2.26. The molecule has 0 saturated carbocycles. The summed E-state index contributed by atoms with van der Waals surface area (Å²) in [5, 5.41) is 11.4. The highest BCUT2D eigenvalue weighted by molar-refractivity contribution is 5.93. The second-order valence-corrected chi connectivity index (χ2v) is 5.97. The molecule has 0 radical (unpaired) electrons. The number of pyridine rings is 1. The summed E-state index contributed by atoms with van der Waals surface area (Å²) in [6.07, 6.45) is 0.798. The Morgan fingerprint density at radius 1 is 1.25 bits per heavy atom. The third kappa shape index (κ3) is 2.16. The van der Waals surface area contributed by atoms with Crippen LogP contribution in [0.1, 0.15) is 24.6 Å². The van der Waals surface area contributed by atoms with Crippen LogP contribution in [0.5, 0.6) is 0 Å². The van der Waals surface area contributed by atoms with Crippen molar-refractivity contribution < 1.29 is 5.11 Å². The van der Waals surface area contributed by atoms with Crippen LogP contribution in [0.25, 0.3) is 10.9 Å². The second kappa shape index (κ2) is 5.06. The smallest absolute Gasteiger partial charge is 0.0741 e. The van der Waals surface area contributed by atoms with Crippen molar-refractivity contribution in [3.63, 3.8) is 0 Å². The Labute approximate surface area is 120 Å². The van der Waals surface area contributed by atoms with Gasteiger partial charge >= 0.3 is 0 Å². The van der Waals surface area contributed by atoms with Crippen molar-refractivity contribution in [3.8, 4) is 0 Å². The number of piperidine rings is 1. The van der Waals surface area contributed by atoms with E-state index in [4.69, 9.17) is 0 Å². The molecule has 1 saturated heterocycles. The summed E-state index contributed by atoms with van der Waals surface area (Å²) in [5.41, 5.74) is 4.59. The first-order chi connectivity index (χ1) is 9.58. The number of aryl methyl sites for hydroxylation is 1. The van der Waals surface area contributed by atoms with E-state index in [9.17, 15) is 5.11 Å². The van der Waals surface area contributed by atoms with Gasteiger partial charge in [-0.2, -0.15) is 0 Å². The topological polar surface area (TPSA) is 36.4 Å². The van der Waals surface area contributed by atoms with Gasteiger partial charge in [0.25, 0.3) is 0 Å². The van der Waals surface area contributed by atoms with E-state index in [-0.39, 0.29) is 6.10 Å². The van der Waals surface area contributed by atoms with E-state index in [1.807, 2.05) is 6.07 Å². The third-order valence-electron chi connectivity index (χ3n) is 4.58. The van der Waals surface area contributed by atoms with Gasteiger partial charge in [-0.1, -0.05) is 25.1 Å². The Hall–Kier alpha value is -1.61. The lowest BCUT2D eigenvalue weighted by molar-refractivity contribution is 0.103. The lowest BCUT2D eigenvalue weighted by Crippen LogP contribution is -2.43. The summed E-state index contributed by atoms with van der Waals surface area (Å²) >= 11 is 0. The van der Waals surface area contributed by atoms with Gasteiger partial charge in [-0.15, -0.1) is 0 Å². The molecule has 106 valence electrons. The number of hydrogen-bond acceptors (Lipinski definition) is 3. The number of fused-ring (bicyclic) bond motifs is 1. The molecule has 2 aromatic rings. The quantitative estimate of drug-likeness (QED) is 0.865. The van der Waals surface area contributed by atoms with E-state index in [0.717, 1.165) is 30.7 Å². The molecule has 0 amide bonds. The highest BCUT2D eigenvalue weighted by Crippen LogP contribution is 2.33. The number of aliphatic hydroxyl groups excluding tert-OH is 1. The summed E-state index contributed by atoms with van der Waals surface area (Å²) in [6, 6.07) is 8.29. The Morgan fingerprint density at radius 2 is 2.00 bits per heavy atom. The molecule has 0 spiro atoms. The molecule has 0 aliphatic carbocycles. The molecule has 1 aromatic heterocycles. The number of aromatic nitrogens is 1. The molecule has 20 heavy (non-hydrogen) atoms. The van der Waals surface area contributed by atoms with Gasteiger partial charge in [-0.25, -0.2) is 0 Å². The van der Waals surface area contributed by atoms with Gasteiger partial charge in [0.1, 0.15) is 0 Å². The van der Waals surface area contributed by atoms with Crippen LogP contribution < -0.4 is 4.90 Å². The van der Waals surface area contributed by atoms with E-state index in [1.165, 1.54) is 16.6 Å². The fourth-order valence-corrected chi connectivity index (χ4v) is 3.07. The van der Waals surface area contributed by atoms with Gasteiger partial charge in [0.05, 0.1) is 17.3 Å². The fourth-order valence-electron chi connectivity index (χ4n) is 3.07. The van der Waals surface area contributed by atoms with Crippen LogP contribution >= 0.6 is 0 Å². The number of nitrogens with zero attached hydrogens (tertiary/aromatic N) is 2. The van der Waals surface area contributed by atoms with Crippen molar-refractivity contribution in [1.82, 2.24) is 4.98 Å². The van der Waals surface area contributed by atoms with E-state index in [1.54, 1.807) is 0 Å². The van der Waals surface area contributed by atoms with Crippen molar-refractivity contribution in [2.75, 3.05) is 18.0 Å². The molecule has 1 aliphatic rings. The molecule has 3 heteroatoms. The lowest BCUT2D eigenvalue weighted by Gasteiger charge is -2.37. The van der Waals surface area contributed by atoms with Crippen molar-refractivity contribution in [2.24, 2.45) is 5.92 Å². The van der Waals surface area contributed by atoms with Crippen molar-refractivity contribution in [2.45, 2.75) is 33.3 Å². The van der Waals surface area contributed by atoms with Crippen LogP contribution in [0.15, 0.2) is 24.3 Å². The van der Waals surface area contributed by atoms with Crippen LogP contribution in [0.2, 0.25) is 0 Å². The van der Waals surface area contributed by atoms with Gasteiger partial charge < -0.3 is 10.0 Å². The summed E-state index contributed by atoms with van der Waals surface area (Å²) in [7, 11) is 0. The van der Waals surface area contributed by atoms with Crippen LogP contribution in [0.3, 0.4) is 0 Å². The Balaban J connectivity index is 2.12. The largest absolute Gasteiger partial charge is 0.391 e. The number of rotatable bonds is 1. The maximum Gasteiger partial charge on any atom is 0.0741 e. The van der Waals surface area contributed by atoms with Crippen LogP contribution in [-0.4, -0.2) is 29.3 Å². The number of anilines is 1. The number of benzene rings is 1. The monoisotopic (exact) mass is 270 g/mol. The zero-order valence-corrected chi connectivity index (χ0v) is 12.4. The van der Waals surface area contributed by atoms with E-state index < -0.39 is 0 Å². The van der Waals surface area contributed by atoms with Gasteiger partial charge in [0.15, 0.2) is 0 Å². The van der Waals surface area contributed by atoms with Gasteiger partial charge in [0.2, 0.25) is 0 Å². The normalized spacial score (nSPS) is 23.3. The van der Waals surface area contributed by atoms with E-state index >= 15 is 0 Å². The molecule has 2 atom stereocenters. The average molecular weight is 270 g/mol. The highest BCUT2D eigenvalue weighted by atomic mass is 16.3. The molecular weight excluding hydrogens is 248 g/mol. The van der Waals surface area contributed by atoms with Crippen LogP contribution in [-0.2, 0) is 0 Å². The summed E-state index contributed by atoms with van der Waals surface area (Å²) in [6.45, 7) is 8.05. The molecule has 1 fully saturated rings. The maximum absolute atomic E-state index is 10.2. The van der Waals surface area contributed by atoms with Crippen molar-refractivity contribution >= 4 is 16.6 Å². The maximum atomic E-state index is 10.2. The zero-order chi connectivity index (χ0) is 14.3. The number of β-amino-alcohol motifs (C(OH)–C–C–N with tert-alkyl or cyclic N) is 1. The SMILES string of the molecule is Cc1nc2ccccc2c(N2CCC(C)C(O)C2)c1C. The molecule has 0 bridgehead atoms. The molecular formula is C17H22N2O. The molecule has 3 rings (SSSR count). The molecule has 1 N–H and O–H groups in total. The number of hydrogen-bond donors (Lipinski definition) is 1. The summed E-state index contributed by atoms with van der Waals surface area (Å²) in [5.74, 6) is 0.390. The zero-order valence-electron chi connectivity index (χ0n) is 12.4. The van der Waals surface area contributed by atoms with E-state index in [2.05, 4.69) is 48.9 Å². The molecule has 3 nitrogen and oxygen atoms in total. The first-order valence-electron chi connectivity index (χ1n) is 7.37. The van der Waals surface area contributed by atoms with Gasteiger partial charge in [-0.05, 0) is 37.8 Å². The average Bonchev–Trinajstić information content (AvgIpc) is 2.44. The summed E-state index contributed by atoms with van der Waals surface area (Å²) in [4.78, 5) is 7.01. The third-order valence-corrected chi connectivity index (χ3v) is 4.58. The lowest BCUT2D eigenvalue weighted by atomic mass is 9.94. The standard InChI is InChI=1S/C17H22N2O/c1-11-8-9-19(10-16(11)20)17-12(2)13(3)18-15-7-5-4-6-14(15)17/h4-7,11,16,20H,8-10H2,1-3H3.